The second kappa shape index (κ2) is 3.35. The van der Waals surface area contributed by atoms with Crippen molar-refractivity contribution < 1.29 is 0 Å². The van der Waals surface area contributed by atoms with E-state index >= 15 is 0 Å². The van der Waals surface area contributed by atoms with E-state index in [0.29, 0.717) is 5.95 Å². The molecule has 16 heavy (non-hydrogen) atoms. The van der Waals surface area contributed by atoms with Crippen molar-refractivity contribution in [3.8, 4) is 5.95 Å². The Bertz CT molecular complexity index is 641. The van der Waals surface area contributed by atoms with Crippen molar-refractivity contribution in [1.82, 2.24) is 29.1 Å². The fraction of sp³-hybridized carbons (Fsp3) is 0.111. The molecule has 0 aliphatic carbocycles. The Morgan fingerprint density at radius 2 is 2.19 bits per heavy atom. The highest BCUT2D eigenvalue weighted by Gasteiger charge is 2.12. The minimum absolute atomic E-state index is 0.702. The summed E-state index contributed by atoms with van der Waals surface area (Å²) in [5.41, 5.74) is 2.44. The molecule has 0 saturated heterocycles. The predicted molar refractivity (Wildman–Crippen MR) is 62.3 cm³/mol. The normalized spacial score (nSPS) is 11.1. The van der Waals surface area contributed by atoms with E-state index < -0.39 is 0 Å². The molecule has 0 spiro atoms. The molecule has 0 radical (unpaired) electrons. The number of rotatable bonds is 1. The van der Waals surface area contributed by atoms with Gasteiger partial charge in [0, 0.05) is 12.4 Å². The number of hydrogen-bond donors (Lipinski definition) is 0. The molecule has 0 N–H and O–H groups in total. The standard InChI is InChI=1S/C9H9N6P/c1-6-7-8(11-5-10-6)15(16)9(13-7)14-4-2-3-12-14/h2-5H,16H2,1H3. The van der Waals surface area contributed by atoms with Gasteiger partial charge >= 0.3 is 0 Å². The van der Waals surface area contributed by atoms with E-state index in [1.807, 2.05) is 23.5 Å². The van der Waals surface area contributed by atoms with Crippen molar-refractivity contribution >= 4 is 20.6 Å². The third kappa shape index (κ3) is 1.23. The van der Waals surface area contributed by atoms with Crippen LogP contribution in [0.3, 0.4) is 0 Å². The topological polar surface area (TPSA) is 61.4 Å². The van der Waals surface area contributed by atoms with Gasteiger partial charge in [0.1, 0.15) is 11.8 Å². The van der Waals surface area contributed by atoms with Gasteiger partial charge < -0.3 is 0 Å². The molecular weight excluding hydrogens is 223 g/mol. The Hall–Kier alpha value is -1.81. The smallest absolute Gasteiger partial charge is 0.236 e. The summed E-state index contributed by atoms with van der Waals surface area (Å²) in [5, 5.41) is 4.14. The minimum atomic E-state index is 0.702. The van der Waals surface area contributed by atoms with Crippen LogP contribution in [0, 0.1) is 6.92 Å². The number of imidazole rings is 1. The van der Waals surface area contributed by atoms with E-state index in [-0.39, 0.29) is 0 Å². The van der Waals surface area contributed by atoms with Crippen LogP contribution in [0.4, 0.5) is 0 Å². The molecule has 0 bridgehead atoms. The minimum Gasteiger partial charge on any atom is -0.277 e. The van der Waals surface area contributed by atoms with Gasteiger partial charge in [-0.25, -0.2) is 19.6 Å². The number of nitrogens with zero attached hydrogens (tertiary/aromatic N) is 6. The molecule has 3 heterocycles. The molecule has 6 nitrogen and oxygen atoms in total. The summed E-state index contributed by atoms with van der Waals surface area (Å²) in [7, 11) is 2.58. The van der Waals surface area contributed by atoms with E-state index in [9.17, 15) is 0 Å². The van der Waals surface area contributed by atoms with Crippen LogP contribution in [0.25, 0.3) is 17.1 Å². The maximum atomic E-state index is 4.47. The average Bonchev–Trinajstić information content (AvgIpc) is 2.88. The first-order chi connectivity index (χ1) is 7.77. The van der Waals surface area contributed by atoms with Crippen LogP contribution < -0.4 is 0 Å². The maximum Gasteiger partial charge on any atom is 0.236 e. The quantitative estimate of drug-likeness (QED) is 0.586. The van der Waals surface area contributed by atoms with Crippen LogP contribution in [-0.2, 0) is 0 Å². The van der Waals surface area contributed by atoms with Gasteiger partial charge in [-0.05, 0) is 22.4 Å². The zero-order valence-electron chi connectivity index (χ0n) is 8.57. The fourth-order valence-electron chi connectivity index (χ4n) is 1.56. The average molecular weight is 232 g/mol. The molecular formula is C9H9N6P. The maximum absolute atomic E-state index is 4.47. The first kappa shape index (κ1) is 9.42. The van der Waals surface area contributed by atoms with Crippen LogP contribution in [0.15, 0.2) is 24.8 Å². The van der Waals surface area contributed by atoms with Crippen LogP contribution in [-0.4, -0.2) is 29.1 Å². The highest BCUT2D eigenvalue weighted by molar-refractivity contribution is 7.15. The van der Waals surface area contributed by atoms with E-state index in [1.165, 1.54) is 6.33 Å². The van der Waals surface area contributed by atoms with Gasteiger partial charge in [-0.15, -0.1) is 0 Å². The van der Waals surface area contributed by atoms with Gasteiger partial charge in [0.15, 0.2) is 5.65 Å². The summed E-state index contributed by atoms with van der Waals surface area (Å²) in [4.78, 5) is 12.8. The molecule has 0 aliphatic rings. The van der Waals surface area contributed by atoms with E-state index in [1.54, 1.807) is 10.9 Å². The van der Waals surface area contributed by atoms with Gasteiger partial charge in [-0.1, -0.05) is 0 Å². The summed E-state index contributed by atoms with van der Waals surface area (Å²) in [5.74, 6) is 0.702. The third-order valence-electron chi connectivity index (χ3n) is 2.35. The summed E-state index contributed by atoms with van der Waals surface area (Å²) in [6.45, 7) is 1.91. The van der Waals surface area contributed by atoms with Gasteiger partial charge in [0.2, 0.25) is 5.95 Å². The van der Waals surface area contributed by atoms with Crippen molar-refractivity contribution in [2.24, 2.45) is 0 Å². The highest BCUT2D eigenvalue weighted by atomic mass is 31.0. The molecule has 7 heteroatoms. The van der Waals surface area contributed by atoms with Crippen LogP contribution in [0.2, 0.25) is 0 Å². The fourth-order valence-corrected chi connectivity index (χ4v) is 1.92. The lowest BCUT2D eigenvalue weighted by molar-refractivity contribution is 0.817. The second-order valence-electron chi connectivity index (χ2n) is 3.36. The van der Waals surface area contributed by atoms with Gasteiger partial charge in [0.05, 0.1) is 5.69 Å². The molecule has 0 aliphatic heterocycles. The van der Waals surface area contributed by atoms with Gasteiger partial charge in [0.25, 0.3) is 0 Å². The van der Waals surface area contributed by atoms with Crippen molar-refractivity contribution in [3.05, 3.63) is 30.5 Å². The molecule has 3 aromatic rings. The first-order valence-electron chi connectivity index (χ1n) is 4.72. The molecule has 0 aromatic carbocycles. The Balaban J connectivity index is 2.36. The Labute approximate surface area is 93.6 Å². The predicted octanol–water partition coefficient (Wildman–Crippen LogP) is 0.959. The highest BCUT2D eigenvalue weighted by Crippen LogP contribution is 2.20. The largest absolute Gasteiger partial charge is 0.277 e. The van der Waals surface area contributed by atoms with Crippen molar-refractivity contribution in [2.75, 3.05) is 0 Å². The molecule has 0 amide bonds. The molecule has 3 aromatic heterocycles. The second-order valence-corrected chi connectivity index (χ2v) is 3.88. The zero-order valence-corrected chi connectivity index (χ0v) is 9.72. The summed E-state index contributed by atoms with van der Waals surface area (Å²) in [6.07, 6.45) is 5.08. The number of aromatic nitrogens is 6. The molecule has 0 saturated carbocycles. The Kier molecular flexibility index (Phi) is 1.97. The lowest BCUT2D eigenvalue weighted by Crippen LogP contribution is -1.99. The molecule has 1 atom stereocenters. The van der Waals surface area contributed by atoms with Crippen LogP contribution in [0.5, 0.6) is 0 Å². The first-order valence-corrected chi connectivity index (χ1v) is 5.24. The van der Waals surface area contributed by atoms with Crippen LogP contribution in [0.1, 0.15) is 5.69 Å². The van der Waals surface area contributed by atoms with Gasteiger partial charge in [-0.2, -0.15) is 5.10 Å². The van der Waals surface area contributed by atoms with Gasteiger partial charge in [-0.3, -0.25) is 4.34 Å². The van der Waals surface area contributed by atoms with Crippen molar-refractivity contribution in [2.45, 2.75) is 6.92 Å². The van der Waals surface area contributed by atoms with Crippen LogP contribution >= 0.6 is 9.39 Å². The van der Waals surface area contributed by atoms with Crippen molar-refractivity contribution in [1.29, 1.82) is 0 Å². The number of aryl methyl sites for hydroxylation is 1. The monoisotopic (exact) mass is 232 g/mol. The van der Waals surface area contributed by atoms with E-state index in [2.05, 4.69) is 29.4 Å². The Morgan fingerprint density at radius 1 is 1.31 bits per heavy atom. The lowest BCUT2D eigenvalue weighted by atomic mass is 10.4. The number of fused-ring (bicyclic) bond motifs is 1. The van der Waals surface area contributed by atoms with Crippen molar-refractivity contribution in [3.63, 3.8) is 0 Å². The SMILES string of the molecule is Cc1ncnc2c1nc(-n1cccn1)n2P. The summed E-state index contributed by atoms with van der Waals surface area (Å²) >= 11 is 0. The lowest BCUT2D eigenvalue weighted by Gasteiger charge is -1.99. The molecule has 3 rings (SSSR count). The number of hydrogen-bond acceptors (Lipinski definition) is 4. The zero-order chi connectivity index (χ0) is 11.1. The molecule has 1 unspecified atom stereocenters. The van der Waals surface area contributed by atoms with E-state index in [0.717, 1.165) is 16.9 Å². The van der Waals surface area contributed by atoms with E-state index in [4.69, 9.17) is 0 Å². The molecule has 80 valence electrons. The Morgan fingerprint density at radius 3 is 2.88 bits per heavy atom. The third-order valence-corrected chi connectivity index (χ3v) is 2.83. The summed E-state index contributed by atoms with van der Waals surface area (Å²) < 4.78 is 3.51. The molecule has 0 fully saturated rings. The summed E-state index contributed by atoms with van der Waals surface area (Å²) in [6, 6.07) is 1.85.